The fourth-order valence-corrected chi connectivity index (χ4v) is 2.89. The lowest BCUT2D eigenvalue weighted by atomic mass is 10.1. The first-order valence-electron chi connectivity index (χ1n) is 7.40. The summed E-state index contributed by atoms with van der Waals surface area (Å²) in [6.07, 6.45) is 0.859. The van der Waals surface area contributed by atoms with Crippen LogP contribution in [0.4, 0.5) is 14.9 Å². The van der Waals surface area contributed by atoms with Crippen LogP contribution in [0, 0.1) is 5.82 Å². The van der Waals surface area contributed by atoms with E-state index >= 15 is 0 Å². The molecule has 2 aliphatic rings. The molecule has 118 valence electrons. The van der Waals surface area contributed by atoms with Gasteiger partial charge in [0, 0.05) is 38.4 Å². The monoisotopic (exact) mass is 306 g/mol. The molecule has 2 aliphatic heterocycles. The number of rotatable bonds is 3. The van der Waals surface area contributed by atoms with Gasteiger partial charge in [-0.05, 0) is 31.2 Å². The van der Waals surface area contributed by atoms with Crippen LogP contribution < -0.4 is 15.5 Å². The van der Waals surface area contributed by atoms with Crippen LogP contribution in [0.3, 0.4) is 0 Å². The van der Waals surface area contributed by atoms with Gasteiger partial charge in [-0.2, -0.15) is 0 Å². The first-order chi connectivity index (χ1) is 10.6. The Hall–Kier alpha value is -2.15. The Morgan fingerprint density at radius 3 is 2.86 bits per heavy atom. The van der Waals surface area contributed by atoms with Crippen molar-refractivity contribution in [3.05, 3.63) is 29.6 Å². The molecule has 2 heterocycles. The van der Waals surface area contributed by atoms with Crippen molar-refractivity contribution in [2.75, 3.05) is 38.1 Å². The molecule has 0 aromatic heterocycles. The van der Waals surface area contributed by atoms with Crippen LogP contribution in [-0.2, 0) is 0 Å². The predicted octanol–water partition coefficient (Wildman–Crippen LogP) is 0.789. The van der Waals surface area contributed by atoms with E-state index in [0.29, 0.717) is 18.8 Å². The lowest BCUT2D eigenvalue weighted by Crippen LogP contribution is -2.39. The van der Waals surface area contributed by atoms with Gasteiger partial charge in [0.25, 0.3) is 5.91 Å². The Morgan fingerprint density at radius 1 is 1.41 bits per heavy atom. The lowest BCUT2D eigenvalue weighted by molar-refractivity contribution is 0.0739. The van der Waals surface area contributed by atoms with Gasteiger partial charge in [0.15, 0.2) is 0 Å². The SMILES string of the molecule is CN(C(=O)c1cc(N2CCNC2=O)ccc1F)[C@H]1CCNC1. The van der Waals surface area contributed by atoms with Crippen LogP contribution >= 0.6 is 0 Å². The standard InChI is InChI=1S/C15H19FN4O2/c1-19(11-4-5-17-9-11)14(21)12-8-10(2-3-13(12)16)20-7-6-18-15(20)22/h2-3,8,11,17H,4-7,9H2,1H3,(H,18,22)/t11-/m0/s1. The molecule has 0 bridgehead atoms. The highest BCUT2D eigenvalue weighted by Crippen LogP contribution is 2.22. The summed E-state index contributed by atoms with van der Waals surface area (Å²) >= 11 is 0. The summed E-state index contributed by atoms with van der Waals surface area (Å²) < 4.78 is 14.1. The van der Waals surface area contributed by atoms with Crippen molar-refractivity contribution in [1.29, 1.82) is 0 Å². The fourth-order valence-electron chi connectivity index (χ4n) is 2.89. The van der Waals surface area contributed by atoms with Gasteiger partial charge in [0.2, 0.25) is 0 Å². The quantitative estimate of drug-likeness (QED) is 0.868. The zero-order chi connectivity index (χ0) is 15.7. The molecule has 3 amide bonds. The summed E-state index contributed by atoms with van der Waals surface area (Å²) in [6, 6.07) is 4.08. The largest absolute Gasteiger partial charge is 0.337 e. The molecule has 1 atom stereocenters. The zero-order valence-corrected chi connectivity index (χ0v) is 12.4. The second-order valence-corrected chi connectivity index (χ2v) is 5.61. The Balaban J connectivity index is 1.85. The van der Waals surface area contributed by atoms with E-state index in [-0.39, 0.29) is 23.5 Å². The van der Waals surface area contributed by atoms with Crippen LogP contribution in [0.15, 0.2) is 18.2 Å². The van der Waals surface area contributed by atoms with Crippen molar-refractivity contribution in [1.82, 2.24) is 15.5 Å². The number of carbonyl (C=O) groups is 2. The fraction of sp³-hybridized carbons (Fsp3) is 0.467. The van der Waals surface area contributed by atoms with Crippen molar-refractivity contribution in [3.63, 3.8) is 0 Å². The molecule has 1 aromatic rings. The average Bonchev–Trinajstić information content (AvgIpc) is 3.18. The van der Waals surface area contributed by atoms with E-state index in [1.165, 1.54) is 23.1 Å². The van der Waals surface area contributed by atoms with Crippen molar-refractivity contribution in [2.45, 2.75) is 12.5 Å². The van der Waals surface area contributed by atoms with E-state index in [0.717, 1.165) is 19.5 Å². The van der Waals surface area contributed by atoms with Gasteiger partial charge < -0.3 is 15.5 Å². The second-order valence-electron chi connectivity index (χ2n) is 5.61. The normalized spacial score (nSPS) is 21.1. The maximum Gasteiger partial charge on any atom is 0.321 e. The minimum absolute atomic E-state index is 0.00611. The van der Waals surface area contributed by atoms with Crippen LogP contribution in [0.5, 0.6) is 0 Å². The highest BCUT2D eigenvalue weighted by Gasteiger charge is 2.27. The van der Waals surface area contributed by atoms with Crippen LogP contribution in [0.2, 0.25) is 0 Å². The summed E-state index contributed by atoms with van der Waals surface area (Å²) in [5, 5.41) is 5.88. The molecule has 2 fully saturated rings. The number of nitrogens with zero attached hydrogens (tertiary/aromatic N) is 2. The molecule has 0 aliphatic carbocycles. The molecular formula is C15H19FN4O2. The van der Waals surface area contributed by atoms with Gasteiger partial charge in [-0.25, -0.2) is 9.18 Å². The van der Waals surface area contributed by atoms with E-state index in [9.17, 15) is 14.0 Å². The minimum Gasteiger partial charge on any atom is -0.337 e. The number of likely N-dealkylation sites (N-methyl/N-ethyl adjacent to an activating group) is 1. The number of anilines is 1. The number of benzene rings is 1. The molecule has 1 aromatic carbocycles. The molecule has 2 N–H and O–H groups in total. The number of nitrogens with one attached hydrogen (secondary N) is 2. The summed E-state index contributed by atoms with van der Waals surface area (Å²) in [4.78, 5) is 27.3. The van der Waals surface area contributed by atoms with E-state index in [1.54, 1.807) is 11.9 Å². The summed E-state index contributed by atoms with van der Waals surface area (Å²) in [5.41, 5.74) is 0.546. The van der Waals surface area contributed by atoms with E-state index in [4.69, 9.17) is 0 Å². The number of hydrogen-bond acceptors (Lipinski definition) is 3. The summed E-state index contributed by atoms with van der Waals surface area (Å²) in [7, 11) is 1.69. The Labute approximate surface area is 128 Å². The number of halogens is 1. The second kappa shape index (κ2) is 5.92. The van der Waals surface area contributed by atoms with Crippen molar-refractivity contribution >= 4 is 17.6 Å². The molecule has 7 heteroatoms. The van der Waals surface area contributed by atoms with Crippen LogP contribution in [0.25, 0.3) is 0 Å². The highest BCUT2D eigenvalue weighted by atomic mass is 19.1. The molecule has 0 spiro atoms. The van der Waals surface area contributed by atoms with Crippen molar-refractivity contribution in [3.8, 4) is 0 Å². The molecule has 22 heavy (non-hydrogen) atoms. The van der Waals surface area contributed by atoms with Crippen LogP contribution in [-0.4, -0.2) is 56.1 Å². The maximum absolute atomic E-state index is 14.1. The average molecular weight is 306 g/mol. The molecule has 6 nitrogen and oxygen atoms in total. The zero-order valence-electron chi connectivity index (χ0n) is 12.4. The Kier molecular flexibility index (Phi) is 3.98. The summed E-state index contributed by atoms with van der Waals surface area (Å²) in [5.74, 6) is -0.918. The highest BCUT2D eigenvalue weighted by molar-refractivity contribution is 5.98. The molecule has 0 unspecified atom stereocenters. The Morgan fingerprint density at radius 2 is 2.23 bits per heavy atom. The predicted molar refractivity (Wildman–Crippen MR) is 80.5 cm³/mol. The smallest absolute Gasteiger partial charge is 0.321 e. The van der Waals surface area contributed by atoms with Gasteiger partial charge in [0.05, 0.1) is 5.56 Å². The number of amides is 3. The third kappa shape index (κ3) is 2.64. The van der Waals surface area contributed by atoms with Gasteiger partial charge >= 0.3 is 6.03 Å². The van der Waals surface area contributed by atoms with Gasteiger partial charge in [-0.3, -0.25) is 9.69 Å². The topological polar surface area (TPSA) is 64.7 Å². The minimum atomic E-state index is -0.564. The number of carbonyl (C=O) groups excluding carboxylic acids is 2. The third-order valence-corrected chi connectivity index (χ3v) is 4.25. The van der Waals surface area contributed by atoms with E-state index in [1.807, 2.05) is 0 Å². The molecule has 3 rings (SSSR count). The van der Waals surface area contributed by atoms with E-state index in [2.05, 4.69) is 10.6 Å². The van der Waals surface area contributed by atoms with Gasteiger partial charge in [-0.15, -0.1) is 0 Å². The van der Waals surface area contributed by atoms with Crippen LogP contribution in [0.1, 0.15) is 16.8 Å². The van der Waals surface area contributed by atoms with Gasteiger partial charge in [0.1, 0.15) is 5.82 Å². The maximum atomic E-state index is 14.1. The lowest BCUT2D eigenvalue weighted by Gasteiger charge is -2.24. The number of hydrogen-bond donors (Lipinski definition) is 2. The molecule has 0 saturated carbocycles. The number of urea groups is 1. The molecule has 0 radical (unpaired) electrons. The molecule has 2 saturated heterocycles. The van der Waals surface area contributed by atoms with Crippen molar-refractivity contribution < 1.29 is 14.0 Å². The summed E-state index contributed by atoms with van der Waals surface area (Å²) in [6.45, 7) is 2.64. The van der Waals surface area contributed by atoms with Crippen molar-refractivity contribution in [2.24, 2.45) is 0 Å². The first kappa shape index (κ1) is 14.8. The first-order valence-corrected chi connectivity index (χ1v) is 7.40. The van der Waals surface area contributed by atoms with E-state index < -0.39 is 5.82 Å². The third-order valence-electron chi connectivity index (χ3n) is 4.25. The Bertz CT molecular complexity index is 601. The van der Waals surface area contributed by atoms with Gasteiger partial charge in [-0.1, -0.05) is 0 Å². The molecular weight excluding hydrogens is 287 g/mol.